The van der Waals surface area contributed by atoms with Gasteiger partial charge in [0.05, 0.1) is 0 Å². The third-order valence-corrected chi connectivity index (χ3v) is 11.8. The first kappa shape index (κ1) is 19.2. The summed E-state index contributed by atoms with van der Waals surface area (Å²) in [4.78, 5) is 4.47. The molecule has 0 atom stereocenters. The molecule has 0 amide bonds. The molecule has 0 aliphatic rings. The number of aromatic nitrogens is 2. The number of rotatable bonds is 11. The van der Waals surface area contributed by atoms with Crippen LogP contribution in [0.1, 0.15) is 78.6 Å². The van der Waals surface area contributed by atoms with Gasteiger partial charge in [-0.05, 0) is 0 Å². The molecule has 0 aliphatic heterocycles. The SMILES string of the molecule is CCCC[C](CCCC)(CCCC)[Sn][c]1cn2cnc(F)c2s1. The quantitative estimate of drug-likeness (QED) is 0.414. The second-order valence-electron chi connectivity index (χ2n) is 6.56. The summed E-state index contributed by atoms with van der Waals surface area (Å²) < 4.78 is 17.6. The van der Waals surface area contributed by atoms with Crippen LogP contribution in [-0.2, 0) is 0 Å². The van der Waals surface area contributed by atoms with Crippen molar-refractivity contribution in [3.63, 3.8) is 0 Å². The van der Waals surface area contributed by atoms with E-state index in [0.717, 1.165) is 0 Å². The van der Waals surface area contributed by atoms with E-state index in [2.05, 4.69) is 32.0 Å². The Labute approximate surface area is 154 Å². The van der Waals surface area contributed by atoms with E-state index in [-0.39, 0.29) is 5.95 Å². The molecule has 0 unspecified atom stereocenters. The molecule has 2 nitrogen and oxygen atoms in total. The van der Waals surface area contributed by atoms with Crippen molar-refractivity contribution in [3.05, 3.63) is 18.5 Å². The van der Waals surface area contributed by atoms with Crippen LogP contribution in [0.5, 0.6) is 0 Å². The van der Waals surface area contributed by atoms with Crippen LogP contribution in [0.15, 0.2) is 12.5 Å². The molecule has 0 bridgehead atoms. The number of fused-ring (bicyclic) bond motifs is 1. The number of halogens is 1. The minimum atomic E-state index is -0.745. The van der Waals surface area contributed by atoms with Gasteiger partial charge in [0, 0.05) is 0 Å². The van der Waals surface area contributed by atoms with Crippen LogP contribution in [0.2, 0.25) is 3.43 Å². The van der Waals surface area contributed by atoms with Gasteiger partial charge in [0.2, 0.25) is 0 Å². The fraction of sp³-hybridized carbons (Fsp3) is 0.722. The molecule has 0 aromatic carbocycles. The third kappa shape index (κ3) is 5.18. The second kappa shape index (κ2) is 9.40. The van der Waals surface area contributed by atoms with Crippen molar-refractivity contribution < 1.29 is 4.39 Å². The van der Waals surface area contributed by atoms with Crippen molar-refractivity contribution in [1.82, 2.24) is 9.38 Å². The summed E-state index contributed by atoms with van der Waals surface area (Å²) in [5.74, 6) is -0.304. The summed E-state index contributed by atoms with van der Waals surface area (Å²) >= 11 is 0.914. The van der Waals surface area contributed by atoms with E-state index < -0.39 is 21.1 Å². The molecule has 0 aliphatic carbocycles. The molecule has 2 aromatic heterocycles. The molecule has 0 saturated carbocycles. The van der Waals surface area contributed by atoms with Gasteiger partial charge >= 0.3 is 154 Å². The number of imidazole rings is 1. The van der Waals surface area contributed by atoms with Gasteiger partial charge in [-0.3, -0.25) is 0 Å². The second-order valence-corrected chi connectivity index (χ2v) is 13.9. The van der Waals surface area contributed by atoms with Crippen molar-refractivity contribution in [1.29, 1.82) is 0 Å². The molecule has 0 N–H and O–H groups in total. The maximum absolute atomic E-state index is 13.7. The van der Waals surface area contributed by atoms with Crippen LogP contribution in [-0.4, -0.2) is 30.5 Å². The van der Waals surface area contributed by atoms with Gasteiger partial charge in [-0.2, -0.15) is 0 Å². The Balaban J connectivity index is 2.21. The zero-order valence-electron chi connectivity index (χ0n) is 14.7. The Kier molecular flexibility index (Phi) is 7.86. The van der Waals surface area contributed by atoms with Crippen molar-refractivity contribution in [2.75, 3.05) is 0 Å². The zero-order chi connectivity index (χ0) is 16.7. The Bertz CT molecular complexity index is 571. The molecule has 23 heavy (non-hydrogen) atoms. The van der Waals surface area contributed by atoms with Gasteiger partial charge in [-0.15, -0.1) is 0 Å². The number of thiazole rings is 1. The number of nitrogens with zero attached hydrogens (tertiary/aromatic N) is 2. The molecule has 2 rings (SSSR count). The molecular formula is C18H29FN2SSn. The van der Waals surface area contributed by atoms with Crippen LogP contribution in [0.3, 0.4) is 0 Å². The van der Waals surface area contributed by atoms with Crippen LogP contribution in [0.4, 0.5) is 4.39 Å². The van der Waals surface area contributed by atoms with Gasteiger partial charge in [0.25, 0.3) is 0 Å². The van der Waals surface area contributed by atoms with Crippen LogP contribution in [0.25, 0.3) is 4.83 Å². The molecule has 0 spiro atoms. The summed E-state index contributed by atoms with van der Waals surface area (Å²) in [5, 5.41) is 0. The molecule has 2 radical (unpaired) electrons. The number of hydrogen-bond acceptors (Lipinski definition) is 2. The third-order valence-electron chi connectivity index (χ3n) is 4.58. The monoisotopic (exact) mass is 444 g/mol. The van der Waals surface area contributed by atoms with E-state index >= 15 is 0 Å². The topological polar surface area (TPSA) is 17.3 Å². The van der Waals surface area contributed by atoms with Gasteiger partial charge < -0.3 is 0 Å². The normalized spacial score (nSPS) is 12.3. The maximum atomic E-state index is 13.7. The van der Waals surface area contributed by atoms with E-state index in [1.807, 2.05) is 4.40 Å². The van der Waals surface area contributed by atoms with Crippen LogP contribution < -0.4 is 2.89 Å². The van der Waals surface area contributed by atoms with Crippen LogP contribution >= 0.6 is 11.3 Å². The molecule has 0 fully saturated rings. The summed E-state index contributed by atoms with van der Waals surface area (Å²) in [6.45, 7) is 6.89. The average molecular weight is 443 g/mol. The Morgan fingerprint density at radius 1 is 1.09 bits per heavy atom. The molecule has 0 saturated heterocycles. The van der Waals surface area contributed by atoms with E-state index in [0.29, 0.717) is 8.26 Å². The minimum absolute atomic E-state index is 0.304. The predicted octanol–water partition coefficient (Wildman–Crippen LogP) is 5.59. The fourth-order valence-electron chi connectivity index (χ4n) is 3.20. The zero-order valence-corrected chi connectivity index (χ0v) is 18.4. The van der Waals surface area contributed by atoms with Crippen molar-refractivity contribution in [2.24, 2.45) is 0 Å². The first-order chi connectivity index (χ1) is 11.1. The van der Waals surface area contributed by atoms with Gasteiger partial charge in [-0.1, -0.05) is 0 Å². The van der Waals surface area contributed by atoms with Crippen LogP contribution in [0, 0.1) is 5.95 Å². The Morgan fingerprint density at radius 3 is 2.13 bits per heavy atom. The standard InChI is InChI=1S/C13H27.C5H2FN2S.Sn/c1-4-7-10-13(11-8-5-2)12-9-6-3;6-4-5-8(3-7-4)1-2-9-5;/h4-12H2,1-3H3;1,3H;. The first-order valence-corrected chi connectivity index (χ1v) is 12.7. The Hall–Kier alpha value is -0.101. The molecule has 5 heteroatoms. The molecule has 2 heterocycles. The van der Waals surface area contributed by atoms with Gasteiger partial charge in [0.15, 0.2) is 0 Å². The summed E-state index contributed by atoms with van der Waals surface area (Å²) in [6.07, 6.45) is 15.8. The molecular weight excluding hydrogens is 414 g/mol. The van der Waals surface area contributed by atoms with E-state index in [1.54, 1.807) is 17.7 Å². The predicted molar refractivity (Wildman–Crippen MR) is 99.7 cm³/mol. The Morgan fingerprint density at radius 2 is 1.65 bits per heavy atom. The first-order valence-electron chi connectivity index (χ1n) is 9.04. The molecule has 2 aromatic rings. The number of hydrogen-bond donors (Lipinski definition) is 0. The fourth-order valence-corrected chi connectivity index (χ4v) is 11.3. The van der Waals surface area contributed by atoms with Crippen molar-refractivity contribution >= 4 is 40.2 Å². The average Bonchev–Trinajstić information content (AvgIpc) is 3.10. The van der Waals surface area contributed by atoms with E-state index in [4.69, 9.17) is 0 Å². The summed E-state index contributed by atoms with van der Waals surface area (Å²) in [6, 6.07) is 0. The summed E-state index contributed by atoms with van der Waals surface area (Å²) in [5.41, 5.74) is 0. The summed E-state index contributed by atoms with van der Waals surface area (Å²) in [7, 11) is 0. The van der Waals surface area contributed by atoms with E-state index in [1.165, 1.54) is 60.7 Å². The number of unbranched alkanes of at least 4 members (excludes halogenated alkanes) is 3. The van der Waals surface area contributed by atoms with Crippen molar-refractivity contribution in [3.8, 4) is 0 Å². The van der Waals surface area contributed by atoms with Crippen molar-refractivity contribution in [2.45, 2.75) is 82.0 Å². The van der Waals surface area contributed by atoms with Gasteiger partial charge in [-0.25, -0.2) is 0 Å². The van der Waals surface area contributed by atoms with Gasteiger partial charge in [0.1, 0.15) is 0 Å². The van der Waals surface area contributed by atoms with E-state index in [9.17, 15) is 4.39 Å². The molecule has 128 valence electrons.